The fraction of sp³-hybridized carbons (Fsp3) is 0.179. The molecule has 0 saturated carbocycles. The molecule has 5 aromatic rings. The van der Waals surface area contributed by atoms with Crippen LogP contribution in [-0.2, 0) is 23.0 Å². The Balaban J connectivity index is 0.00000370. The van der Waals surface area contributed by atoms with E-state index in [1.54, 1.807) is 0 Å². The molecule has 5 rings (SSSR count). The number of hydrogen-bond acceptors (Lipinski definition) is 9. The van der Waals surface area contributed by atoms with E-state index in [-0.39, 0.29) is 18.2 Å². The summed E-state index contributed by atoms with van der Waals surface area (Å²) in [6.45, 7) is 1.33. The molecule has 0 amide bonds. The molecule has 0 unspecified atom stereocenters. The van der Waals surface area contributed by atoms with Crippen molar-refractivity contribution >= 4 is 67.6 Å². The molecule has 12 heteroatoms. The van der Waals surface area contributed by atoms with E-state index in [0.29, 0.717) is 36.3 Å². The quantitative estimate of drug-likeness (QED) is 0.167. The van der Waals surface area contributed by atoms with Gasteiger partial charge in [0.15, 0.2) is 0 Å². The number of aromatic nitrogens is 3. The third-order valence-corrected chi connectivity index (χ3v) is 7.93. The van der Waals surface area contributed by atoms with Gasteiger partial charge >= 0.3 is 0 Å². The summed E-state index contributed by atoms with van der Waals surface area (Å²) >= 11 is 8.04. The largest absolute Gasteiger partial charge is 0.487 e. The topological polar surface area (TPSA) is 106 Å². The van der Waals surface area contributed by atoms with E-state index in [1.165, 1.54) is 23.9 Å². The van der Waals surface area contributed by atoms with Crippen LogP contribution in [0, 0.1) is 0 Å². The van der Waals surface area contributed by atoms with Gasteiger partial charge in [0.05, 0.1) is 22.0 Å². The summed E-state index contributed by atoms with van der Waals surface area (Å²) in [5.41, 5.74) is 4.40. The van der Waals surface area contributed by atoms with Gasteiger partial charge in [-0.1, -0.05) is 48.0 Å². The van der Waals surface area contributed by atoms with E-state index in [9.17, 15) is 8.42 Å². The van der Waals surface area contributed by atoms with Gasteiger partial charge in [-0.25, -0.2) is 23.4 Å². The molecule has 8 nitrogen and oxygen atoms in total. The summed E-state index contributed by atoms with van der Waals surface area (Å²) in [5.74, 6) is 1.35. The molecule has 40 heavy (non-hydrogen) atoms. The van der Waals surface area contributed by atoms with Crippen molar-refractivity contribution in [3.63, 3.8) is 0 Å². The molecule has 0 aliphatic carbocycles. The molecule has 0 bridgehead atoms. The number of anilines is 2. The number of sulfone groups is 1. The smallest absolute Gasteiger partial charge is 0.148 e. The first kappa shape index (κ1) is 29.7. The molecule has 0 fully saturated rings. The van der Waals surface area contributed by atoms with Crippen molar-refractivity contribution in [2.75, 3.05) is 23.9 Å². The maximum Gasteiger partial charge on any atom is 0.148 e. The van der Waals surface area contributed by atoms with Gasteiger partial charge in [-0.15, -0.1) is 23.7 Å². The molecule has 2 heterocycles. The second-order valence-corrected chi connectivity index (χ2v) is 12.5. The predicted molar refractivity (Wildman–Crippen MR) is 165 cm³/mol. The molecular weight excluding hydrogens is 589 g/mol. The first-order valence-electron chi connectivity index (χ1n) is 12.2. The molecule has 0 aliphatic heterocycles. The van der Waals surface area contributed by atoms with Crippen LogP contribution in [0.3, 0.4) is 0 Å². The Labute approximate surface area is 248 Å². The van der Waals surface area contributed by atoms with Gasteiger partial charge in [0.25, 0.3) is 0 Å². The molecule has 0 saturated heterocycles. The Hall–Kier alpha value is -3.28. The Kier molecular flexibility index (Phi) is 9.94. The van der Waals surface area contributed by atoms with E-state index in [1.807, 2.05) is 72.1 Å². The van der Waals surface area contributed by atoms with Crippen LogP contribution in [0.1, 0.15) is 10.6 Å². The number of nitrogens with zero attached hydrogens (tertiary/aromatic N) is 3. The highest BCUT2D eigenvalue weighted by Gasteiger charge is 2.11. The van der Waals surface area contributed by atoms with Gasteiger partial charge in [-0.3, -0.25) is 0 Å². The third kappa shape index (κ3) is 7.89. The van der Waals surface area contributed by atoms with Gasteiger partial charge in [-0.05, 0) is 35.9 Å². The van der Waals surface area contributed by atoms with Crippen molar-refractivity contribution in [1.82, 2.24) is 20.3 Å². The SMILES string of the molecule is CS(=O)(=O)CCNCc1nc(-c2ccc3ncnc(Nc4ccc(OCc5ccccc5)c(Cl)c4)c3c2)cs1.Cl. The van der Waals surface area contributed by atoms with Crippen LogP contribution in [0.5, 0.6) is 5.75 Å². The fourth-order valence-electron chi connectivity index (χ4n) is 3.86. The van der Waals surface area contributed by atoms with Crippen LogP contribution in [0.25, 0.3) is 22.2 Å². The number of fused-ring (bicyclic) bond motifs is 1. The van der Waals surface area contributed by atoms with Crippen LogP contribution in [0.4, 0.5) is 11.5 Å². The van der Waals surface area contributed by atoms with Crippen molar-refractivity contribution in [1.29, 1.82) is 0 Å². The van der Waals surface area contributed by atoms with Crippen molar-refractivity contribution in [3.8, 4) is 17.0 Å². The summed E-state index contributed by atoms with van der Waals surface area (Å²) in [6.07, 6.45) is 2.75. The second kappa shape index (κ2) is 13.4. The van der Waals surface area contributed by atoms with E-state index < -0.39 is 9.84 Å². The highest BCUT2D eigenvalue weighted by molar-refractivity contribution is 7.90. The number of thiazole rings is 1. The van der Waals surface area contributed by atoms with E-state index in [0.717, 1.165) is 38.4 Å². The zero-order valence-corrected chi connectivity index (χ0v) is 24.7. The normalized spacial score (nSPS) is 11.2. The molecule has 2 N–H and O–H groups in total. The summed E-state index contributed by atoms with van der Waals surface area (Å²) in [4.78, 5) is 13.6. The minimum atomic E-state index is -2.99. The number of benzene rings is 3. The lowest BCUT2D eigenvalue weighted by Gasteiger charge is -2.12. The van der Waals surface area contributed by atoms with Gasteiger partial charge in [0.2, 0.25) is 0 Å². The Morgan fingerprint density at radius 2 is 1.85 bits per heavy atom. The van der Waals surface area contributed by atoms with Crippen molar-refractivity contribution in [3.05, 3.63) is 94.0 Å². The summed E-state index contributed by atoms with van der Waals surface area (Å²) in [7, 11) is -2.99. The number of hydrogen-bond donors (Lipinski definition) is 2. The molecule has 3 aromatic carbocycles. The van der Waals surface area contributed by atoms with E-state index >= 15 is 0 Å². The van der Waals surface area contributed by atoms with Crippen LogP contribution in [0.2, 0.25) is 5.02 Å². The number of ether oxygens (including phenoxy) is 1. The summed E-state index contributed by atoms with van der Waals surface area (Å²) < 4.78 is 28.5. The van der Waals surface area contributed by atoms with Gasteiger partial charge < -0.3 is 15.4 Å². The maximum absolute atomic E-state index is 11.3. The average Bonchev–Trinajstić information content (AvgIpc) is 3.40. The van der Waals surface area contributed by atoms with Gasteiger partial charge in [0, 0.05) is 41.4 Å². The zero-order valence-electron chi connectivity index (χ0n) is 21.5. The highest BCUT2D eigenvalue weighted by atomic mass is 35.5. The average molecular weight is 617 g/mol. The van der Waals surface area contributed by atoms with Crippen LogP contribution >= 0.6 is 35.3 Å². The minimum absolute atomic E-state index is 0. The molecule has 0 spiro atoms. The van der Waals surface area contributed by atoms with Crippen LogP contribution in [-0.4, -0.2) is 41.9 Å². The molecule has 0 radical (unpaired) electrons. The van der Waals surface area contributed by atoms with Gasteiger partial charge in [0.1, 0.15) is 39.3 Å². The summed E-state index contributed by atoms with van der Waals surface area (Å²) in [5, 5.41) is 10.7. The van der Waals surface area contributed by atoms with E-state index in [4.69, 9.17) is 21.3 Å². The third-order valence-electron chi connectivity index (χ3n) is 5.84. The fourth-order valence-corrected chi connectivity index (χ4v) is 5.38. The zero-order chi connectivity index (χ0) is 27.2. The lowest BCUT2D eigenvalue weighted by molar-refractivity contribution is 0.306. The molecule has 0 atom stereocenters. The lowest BCUT2D eigenvalue weighted by Crippen LogP contribution is -2.21. The monoisotopic (exact) mass is 615 g/mol. The van der Waals surface area contributed by atoms with E-state index in [2.05, 4.69) is 20.6 Å². The van der Waals surface area contributed by atoms with Gasteiger partial charge in [-0.2, -0.15) is 0 Å². The Morgan fingerprint density at radius 1 is 1.02 bits per heavy atom. The van der Waals surface area contributed by atoms with Crippen LogP contribution in [0.15, 0.2) is 78.4 Å². The van der Waals surface area contributed by atoms with Crippen molar-refractivity contribution in [2.24, 2.45) is 0 Å². The van der Waals surface area contributed by atoms with Crippen molar-refractivity contribution in [2.45, 2.75) is 13.2 Å². The summed E-state index contributed by atoms with van der Waals surface area (Å²) in [6, 6.07) is 21.4. The Morgan fingerprint density at radius 3 is 2.62 bits per heavy atom. The van der Waals surface area contributed by atoms with Crippen LogP contribution < -0.4 is 15.4 Å². The molecule has 208 valence electrons. The maximum atomic E-state index is 11.3. The molecule has 0 aliphatic rings. The minimum Gasteiger partial charge on any atom is -0.487 e. The standard InChI is InChI=1S/C28H26ClN5O3S2.ClH/c1-39(35,36)12-11-30-15-27-34-25(17-38-27)20-7-9-24-22(13-20)28(32-18-31-24)33-21-8-10-26(23(29)14-21)37-16-19-5-3-2-4-6-19;/h2-10,13-14,17-18,30H,11-12,15-16H2,1H3,(H,31,32,33);1H. The number of nitrogens with one attached hydrogen (secondary N) is 2. The lowest BCUT2D eigenvalue weighted by atomic mass is 10.1. The highest BCUT2D eigenvalue weighted by Crippen LogP contribution is 2.32. The first-order chi connectivity index (χ1) is 18.8. The first-order valence-corrected chi connectivity index (χ1v) is 15.5. The van der Waals surface area contributed by atoms with Crippen molar-refractivity contribution < 1.29 is 13.2 Å². The molecule has 2 aromatic heterocycles. The number of rotatable bonds is 11. The second-order valence-electron chi connectivity index (χ2n) is 8.93. The number of halogens is 2. The Bertz CT molecular complexity index is 1700. The molecular formula is C28H27Cl2N5O3S2. The predicted octanol–water partition coefficient (Wildman–Crippen LogP) is 6.29.